The van der Waals surface area contributed by atoms with Gasteiger partial charge < -0.3 is 29.6 Å². The molecule has 4 atom stereocenters. The molecule has 0 amide bonds. The maximum atomic E-state index is 11.2. The van der Waals surface area contributed by atoms with E-state index in [2.05, 4.69) is 19.9 Å². The van der Waals surface area contributed by atoms with E-state index >= 15 is 0 Å². The first-order chi connectivity index (χ1) is 15.7. The van der Waals surface area contributed by atoms with Gasteiger partial charge in [0.05, 0.1) is 18.6 Å². The van der Waals surface area contributed by atoms with Crippen molar-refractivity contribution in [2.75, 3.05) is 24.2 Å². The molecule has 2 saturated heterocycles. The van der Waals surface area contributed by atoms with E-state index in [0.717, 1.165) is 25.9 Å². The topological polar surface area (TPSA) is 154 Å². The zero-order valence-corrected chi connectivity index (χ0v) is 19.8. The molecule has 2 aromatic heterocycles. The Labute approximate surface area is 195 Å². The average molecular weight is 502 g/mol. The minimum atomic E-state index is -4.26. The van der Waals surface area contributed by atoms with Crippen LogP contribution in [0.1, 0.15) is 51.2 Å². The quantitative estimate of drug-likeness (QED) is 0.352. The zero-order chi connectivity index (χ0) is 23.4. The number of hydrogen-bond donors (Lipinski definition) is 4. The average Bonchev–Trinajstić information content (AvgIpc) is 3.46. The molecule has 1 spiro atoms. The van der Waals surface area contributed by atoms with Crippen LogP contribution in [-0.4, -0.2) is 77.1 Å². The van der Waals surface area contributed by atoms with Crippen molar-refractivity contribution in [3.8, 4) is 0 Å². The van der Waals surface area contributed by atoms with Crippen LogP contribution >= 0.6 is 19.2 Å². The third kappa shape index (κ3) is 4.52. The van der Waals surface area contributed by atoms with E-state index in [1.54, 1.807) is 0 Å². The maximum absolute atomic E-state index is 11.2. The normalized spacial score (nSPS) is 30.0. The van der Waals surface area contributed by atoms with Crippen molar-refractivity contribution in [2.24, 2.45) is 5.41 Å². The predicted molar refractivity (Wildman–Crippen MR) is 120 cm³/mol. The van der Waals surface area contributed by atoms with E-state index < -0.39 is 38.3 Å². The van der Waals surface area contributed by atoms with E-state index in [4.69, 9.17) is 26.1 Å². The maximum Gasteiger partial charge on any atom is 0.325 e. The summed E-state index contributed by atoms with van der Waals surface area (Å²) in [5, 5.41) is 21.0. The Kier molecular flexibility index (Phi) is 6.18. The Morgan fingerprint density at radius 3 is 2.48 bits per heavy atom. The minimum Gasteiger partial charge on any atom is -0.388 e. The van der Waals surface area contributed by atoms with E-state index in [-0.39, 0.29) is 11.7 Å². The number of piperidine rings is 1. The second kappa shape index (κ2) is 8.71. The lowest BCUT2D eigenvalue weighted by Crippen LogP contribution is -2.39. The molecule has 1 saturated carbocycles. The first kappa shape index (κ1) is 23.4. The van der Waals surface area contributed by atoms with Crippen LogP contribution in [0.15, 0.2) is 6.33 Å². The Hall–Kier alpha value is -1.33. The predicted octanol–water partition coefficient (Wildman–Crippen LogP) is 1.83. The van der Waals surface area contributed by atoms with E-state index in [9.17, 15) is 14.8 Å². The Bertz CT molecular complexity index is 1060. The second-order valence-corrected chi connectivity index (χ2v) is 11.7. The monoisotopic (exact) mass is 501 g/mol. The first-order valence-corrected chi connectivity index (χ1v) is 13.5. The summed E-state index contributed by atoms with van der Waals surface area (Å²) in [6, 6.07) is 0. The summed E-state index contributed by atoms with van der Waals surface area (Å²) in [5.41, 5.74) is 1.36. The number of aromatic nitrogens is 4. The fraction of sp³-hybridized carbons (Fsp3) is 0.750. The molecule has 33 heavy (non-hydrogen) atoms. The molecular weight excluding hydrogens is 473 g/mol. The fourth-order valence-electron chi connectivity index (χ4n) is 5.59. The van der Waals surface area contributed by atoms with Crippen LogP contribution in [0.3, 0.4) is 0 Å². The molecule has 0 aromatic carbocycles. The molecule has 0 bridgehead atoms. The molecule has 4 heterocycles. The Morgan fingerprint density at radius 1 is 1.12 bits per heavy atom. The molecule has 2 aromatic rings. The summed E-state index contributed by atoms with van der Waals surface area (Å²) >= 11 is 6.26. The van der Waals surface area contributed by atoms with Crippen LogP contribution in [0.2, 0.25) is 5.28 Å². The molecule has 3 aliphatic rings. The van der Waals surface area contributed by atoms with Crippen molar-refractivity contribution in [1.29, 1.82) is 0 Å². The Morgan fingerprint density at radius 2 is 1.82 bits per heavy atom. The Balaban J connectivity index is 1.39. The van der Waals surface area contributed by atoms with Crippen molar-refractivity contribution in [3.63, 3.8) is 0 Å². The number of fused-ring (bicyclic) bond motifs is 1. The fourth-order valence-corrected chi connectivity index (χ4v) is 6.34. The molecule has 4 N–H and O–H groups in total. The smallest absolute Gasteiger partial charge is 0.325 e. The number of nitrogens with zero attached hydrogens (tertiary/aromatic N) is 5. The lowest BCUT2D eigenvalue weighted by atomic mass is 9.77. The number of hydrogen-bond acceptors (Lipinski definition) is 8. The van der Waals surface area contributed by atoms with Crippen molar-refractivity contribution in [1.82, 2.24) is 19.5 Å². The van der Waals surface area contributed by atoms with Crippen molar-refractivity contribution in [3.05, 3.63) is 11.6 Å². The lowest BCUT2D eigenvalue weighted by Gasteiger charge is -2.39. The summed E-state index contributed by atoms with van der Waals surface area (Å²) < 4.78 is 18.5. The van der Waals surface area contributed by atoms with Gasteiger partial charge in [-0.3, -0.25) is 9.13 Å². The third-order valence-corrected chi connectivity index (χ3v) is 8.49. The van der Waals surface area contributed by atoms with Gasteiger partial charge in [0.15, 0.2) is 23.2 Å². The van der Waals surface area contributed by atoms with Gasteiger partial charge in [0.2, 0.25) is 5.28 Å². The molecule has 5 rings (SSSR count). The van der Waals surface area contributed by atoms with Gasteiger partial charge in [0.1, 0.15) is 12.2 Å². The molecule has 13 heteroatoms. The number of ether oxygens (including phenoxy) is 1. The second-order valence-electron chi connectivity index (χ2n) is 9.56. The van der Waals surface area contributed by atoms with Crippen molar-refractivity contribution in [2.45, 2.75) is 69.5 Å². The van der Waals surface area contributed by atoms with Gasteiger partial charge in [-0.25, -0.2) is 4.98 Å². The number of imidazole rings is 1. The van der Waals surface area contributed by atoms with Gasteiger partial charge in [0, 0.05) is 13.1 Å². The highest BCUT2D eigenvalue weighted by atomic mass is 35.5. The van der Waals surface area contributed by atoms with Crippen LogP contribution in [0.4, 0.5) is 5.82 Å². The van der Waals surface area contributed by atoms with Gasteiger partial charge in [-0.05, 0) is 49.1 Å². The molecule has 2 aliphatic heterocycles. The largest absolute Gasteiger partial charge is 0.388 e. The van der Waals surface area contributed by atoms with Gasteiger partial charge in [-0.15, -0.1) is 0 Å². The highest BCUT2D eigenvalue weighted by Crippen LogP contribution is 2.47. The molecule has 0 radical (unpaired) electrons. The summed E-state index contributed by atoms with van der Waals surface area (Å²) in [6.45, 7) is 1.72. The van der Waals surface area contributed by atoms with Crippen molar-refractivity contribution < 1.29 is 29.3 Å². The van der Waals surface area contributed by atoms with Crippen LogP contribution in [0.5, 0.6) is 0 Å². The molecule has 182 valence electrons. The molecule has 4 unspecified atom stereocenters. The standard InChI is InChI=1S/C20H29ClN5O6P/c21-19-23-16(25-8-6-20(7-9-25)4-1-2-5-20)13-17(24-19)26(11-22-13)18-15(28)14(27)12(32-18)3-10-33(29,30)31/h11-12,14-15,18,27-28H,1-10H2,(H2,29,30,31). The van der Waals surface area contributed by atoms with Crippen LogP contribution < -0.4 is 4.90 Å². The molecule has 1 aliphatic carbocycles. The van der Waals surface area contributed by atoms with Gasteiger partial charge in [0.25, 0.3) is 0 Å². The number of halogens is 1. The van der Waals surface area contributed by atoms with Crippen LogP contribution in [-0.2, 0) is 9.30 Å². The summed E-state index contributed by atoms with van der Waals surface area (Å²) in [7, 11) is -4.26. The third-order valence-electron chi connectivity index (χ3n) is 7.48. The van der Waals surface area contributed by atoms with E-state index in [1.807, 2.05) is 0 Å². The van der Waals surface area contributed by atoms with Gasteiger partial charge in [-0.1, -0.05) is 12.8 Å². The molecular formula is C20H29ClN5O6P. The summed E-state index contributed by atoms with van der Waals surface area (Å²) in [5.74, 6) is 0.641. The number of aliphatic hydroxyl groups is 2. The SMILES string of the molecule is O=P(O)(O)CCC1OC(n2cnc3c(N4CCC5(CCCC5)CC4)nc(Cl)nc32)C(O)C1O. The first-order valence-electron chi connectivity index (χ1n) is 11.4. The van der Waals surface area contributed by atoms with Crippen LogP contribution in [0, 0.1) is 5.41 Å². The lowest BCUT2D eigenvalue weighted by molar-refractivity contribution is -0.0355. The summed E-state index contributed by atoms with van der Waals surface area (Å²) in [4.78, 5) is 33.7. The zero-order valence-electron chi connectivity index (χ0n) is 18.1. The van der Waals surface area contributed by atoms with Gasteiger partial charge >= 0.3 is 7.60 Å². The van der Waals surface area contributed by atoms with Gasteiger partial charge in [-0.2, -0.15) is 9.97 Å². The van der Waals surface area contributed by atoms with E-state index in [0.29, 0.717) is 22.4 Å². The molecule has 11 nitrogen and oxygen atoms in total. The summed E-state index contributed by atoms with van der Waals surface area (Å²) in [6.07, 6.45) is 3.74. The minimum absolute atomic E-state index is 0.0477. The molecule has 3 fully saturated rings. The highest BCUT2D eigenvalue weighted by molar-refractivity contribution is 7.51. The van der Waals surface area contributed by atoms with Crippen LogP contribution in [0.25, 0.3) is 11.2 Å². The number of rotatable bonds is 5. The van der Waals surface area contributed by atoms with Crippen molar-refractivity contribution >= 4 is 36.2 Å². The number of anilines is 1. The van der Waals surface area contributed by atoms with E-state index in [1.165, 1.54) is 36.6 Å². The number of aliphatic hydroxyl groups excluding tert-OH is 2. The highest BCUT2D eigenvalue weighted by Gasteiger charge is 2.45.